The van der Waals surface area contributed by atoms with Crippen molar-refractivity contribution in [2.45, 2.75) is 13.1 Å². The molecule has 0 heterocycles. The molecule has 82 valence electrons. The van der Waals surface area contributed by atoms with Crippen molar-refractivity contribution in [2.24, 2.45) is 0 Å². The molecule has 0 aliphatic heterocycles. The number of rotatable bonds is 1. The van der Waals surface area contributed by atoms with Crippen LogP contribution in [0, 0.1) is 0 Å². The van der Waals surface area contributed by atoms with Gasteiger partial charge in [-0.15, -0.1) is 0 Å². The topological polar surface area (TPSA) is 37.3 Å². The summed E-state index contributed by atoms with van der Waals surface area (Å²) in [5.41, 5.74) is -1.84. The molecule has 0 bridgehead atoms. The van der Waals surface area contributed by atoms with Gasteiger partial charge in [0.1, 0.15) is 11.3 Å². The molecule has 0 saturated carbocycles. The van der Waals surface area contributed by atoms with Crippen LogP contribution in [0.1, 0.15) is 22.8 Å². The maximum absolute atomic E-state index is 12.5. The summed E-state index contributed by atoms with van der Waals surface area (Å²) in [6.45, 7) is 1.01. The molecule has 0 atom stereocenters. The molecule has 0 aliphatic rings. The monoisotopic (exact) mass is 282 g/mol. The largest absolute Gasteiger partial charge is 0.507 e. The highest BCUT2D eigenvalue weighted by Crippen LogP contribution is 2.39. The lowest BCUT2D eigenvalue weighted by atomic mass is 10.0. The van der Waals surface area contributed by atoms with Gasteiger partial charge in [0, 0.05) is 10.0 Å². The summed E-state index contributed by atoms with van der Waals surface area (Å²) in [6, 6.07) is 1.93. The Balaban J connectivity index is 3.55. The van der Waals surface area contributed by atoms with Crippen LogP contribution in [0.3, 0.4) is 0 Å². The molecular formula is C9H6BrF3O2. The van der Waals surface area contributed by atoms with Gasteiger partial charge in [-0.1, -0.05) is 15.9 Å². The molecule has 2 nitrogen and oxygen atoms in total. The van der Waals surface area contributed by atoms with E-state index < -0.39 is 28.8 Å². The highest BCUT2D eigenvalue weighted by atomic mass is 79.9. The van der Waals surface area contributed by atoms with E-state index in [9.17, 15) is 18.0 Å². The molecule has 0 fully saturated rings. The minimum atomic E-state index is -4.74. The summed E-state index contributed by atoms with van der Waals surface area (Å²) in [7, 11) is 0. The summed E-state index contributed by atoms with van der Waals surface area (Å²) in [5.74, 6) is -1.71. The molecule has 1 N–H and O–H groups in total. The second-order valence-electron chi connectivity index (χ2n) is 2.90. The van der Waals surface area contributed by atoms with Crippen LogP contribution < -0.4 is 0 Å². The van der Waals surface area contributed by atoms with E-state index in [0.29, 0.717) is 0 Å². The van der Waals surface area contributed by atoms with Crippen molar-refractivity contribution in [3.05, 3.63) is 27.7 Å². The van der Waals surface area contributed by atoms with Gasteiger partial charge < -0.3 is 5.11 Å². The lowest BCUT2D eigenvalue weighted by Gasteiger charge is -2.13. The first-order valence-electron chi connectivity index (χ1n) is 3.84. The van der Waals surface area contributed by atoms with Crippen LogP contribution >= 0.6 is 15.9 Å². The molecule has 0 spiro atoms. The van der Waals surface area contributed by atoms with E-state index in [1.54, 1.807) is 0 Å². The lowest BCUT2D eigenvalue weighted by molar-refractivity contribution is -0.139. The maximum atomic E-state index is 12.5. The predicted molar refractivity (Wildman–Crippen MR) is 50.8 cm³/mol. The number of aromatic hydroxyl groups is 1. The Kier molecular flexibility index (Phi) is 3.08. The smallest absolute Gasteiger partial charge is 0.420 e. The number of alkyl halides is 3. The zero-order chi connectivity index (χ0) is 11.8. The molecule has 1 aromatic rings. The van der Waals surface area contributed by atoms with E-state index >= 15 is 0 Å². The molecular weight excluding hydrogens is 277 g/mol. The van der Waals surface area contributed by atoms with Gasteiger partial charge >= 0.3 is 6.18 Å². The highest BCUT2D eigenvalue weighted by molar-refractivity contribution is 9.10. The highest BCUT2D eigenvalue weighted by Gasteiger charge is 2.37. The van der Waals surface area contributed by atoms with Crippen molar-refractivity contribution >= 4 is 21.7 Å². The van der Waals surface area contributed by atoms with Gasteiger partial charge in [-0.2, -0.15) is 13.2 Å². The zero-order valence-corrected chi connectivity index (χ0v) is 9.11. The summed E-state index contributed by atoms with van der Waals surface area (Å²) >= 11 is 2.90. The van der Waals surface area contributed by atoms with Crippen molar-refractivity contribution in [2.75, 3.05) is 0 Å². The molecule has 1 rings (SSSR count). The number of halogens is 4. The second-order valence-corrected chi connectivity index (χ2v) is 3.82. The Morgan fingerprint density at radius 3 is 2.33 bits per heavy atom. The van der Waals surface area contributed by atoms with E-state index in [0.717, 1.165) is 19.1 Å². The Morgan fingerprint density at radius 2 is 1.93 bits per heavy atom. The predicted octanol–water partition coefficient (Wildman–Crippen LogP) is 3.38. The van der Waals surface area contributed by atoms with Gasteiger partial charge in [-0.3, -0.25) is 4.79 Å². The maximum Gasteiger partial charge on any atom is 0.420 e. The van der Waals surface area contributed by atoms with E-state index in [1.165, 1.54) is 0 Å². The minimum absolute atomic E-state index is 0.221. The van der Waals surface area contributed by atoms with Crippen LogP contribution in [0.15, 0.2) is 16.6 Å². The van der Waals surface area contributed by atoms with Crippen LogP contribution in [0.2, 0.25) is 0 Å². The van der Waals surface area contributed by atoms with E-state index in [1.807, 2.05) is 0 Å². The lowest BCUT2D eigenvalue weighted by Crippen LogP contribution is -2.12. The number of Topliss-reactive ketones (excluding diaryl/α,β-unsaturated/α-hetero) is 1. The number of ketones is 1. The van der Waals surface area contributed by atoms with Gasteiger partial charge in [0.05, 0.1) is 0 Å². The third-order valence-corrected chi connectivity index (χ3v) is 2.20. The van der Waals surface area contributed by atoms with Crippen molar-refractivity contribution in [3.63, 3.8) is 0 Å². The molecule has 0 amide bonds. The van der Waals surface area contributed by atoms with Gasteiger partial charge in [0.25, 0.3) is 0 Å². The third-order valence-electron chi connectivity index (χ3n) is 1.75. The average molecular weight is 283 g/mol. The minimum Gasteiger partial charge on any atom is -0.507 e. The van der Waals surface area contributed by atoms with Crippen molar-refractivity contribution in [1.82, 2.24) is 0 Å². The Hall–Kier alpha value is -1.04. The first-order chi connectivity index (χ1) is 6.73. The third kappa shape index (κ3) is 2.50. The van der Waals surface area contributed by atoms with Crippen molar-refractivity contribution in [1.29, 1.82) is 0 Å². The molecule has 6 heteroatoms. The second kappa shape index (κ2) is 3.84. The van der Waals surface area contributed by atoms with E-state index in [2.05, 4.69) is 15.9 Å². The van der Waals surface area contributed by atoms with Crippen molar-refractivity contribution < 1.29 is 23.1 Å². The number of carbonyl (C=O) groups excluding carboxylic acids is 1. The van der Waals surface area contributed by atoms with Gasteiger partial charge in [0.2, 0.25) is 0 Å². The first-order valence-corrected chi connectivity index (χ1v) is 4.63. The van der Waals surface area contributed by atoms with E-state index in [-0.39, 0.29) is 4.47 Å². The van der Waals surface area contributed by atoms with Gasteiger partial charge in [-0.25, -0.2) is 0 Å². The molecule has 0 aliphatic carbocycles. The number of carbonyl (C=O) groups is 1. The normalized spacial score (nSPS) is 11.5. The molecule has 0 unspecified atom stereocenters. The number of hydrogen-bond acceptors (Lipinski definition) is 2. The molecule has 0 radical (unpaired) electrons. The molecule has 15 heavy (non-hydrogen) atoms. The quantitative estimate of drug-likeness (QED) is 0.802. The number of phenols is 1. The average Bonchev–Trinajstić information content (AvgIpc) is 1.99. The fourth-order valence-electron chi connectivity index (χ4n) is 1.17. The SMILES string of the molecule is CC(=O)c1cc(Br)cc(O)c1C(F)(F)F. The number of hydrogen-bond donors (Lipinski definition) is 1. The standard InChI is InChI=1S/C9H6BrF3O2/c1-4(14)6-2-5(10)3-7(15)8(6)9(11,12)13/h2-3,15H,1H3. The summed E-state index contributed by atoms with van der Waals surface area (Å²) < 4.78 is 37.6. The molecule has 0 aromatic heterocycles. The Morgan fingerprint density at radius 1 is 1.40 bits per heavy atom. The summed E-state index contributed by atoms with van der Waals surface area (Å²) in [6.07, 6.45) is -4.74. The van der Waals surface area contributed by atoms with Crippen LogP contribution in [0.25, 0.3) is 0 Å². The first kappa shape index (κ1) is 12.0. The Bertz CT molecular complexity index is 413. The van der Waals surface area contributed by atoms with E-state index in [4.69, 9.17) is 5.11 Å². The fraction of sp³-hybridized carbons (Fsp3) is 0.222. The Labute approximate surface area is 91.8 Å². The van der Waals surface area contributed by atoms with Crippen LogP contribution in [-0.2, 0) is 6.18 Å². The fourth-order valence-corrected chi connectivity index (χ4v) is 1.61. The van der Waals surface area contributed by atoms with Crippen molar-refractivity contribution in [3.8, 4) is 5.75 Å². The summed E-state index contributed by atoms with van der Waals surface area (Å²) in [5, 5.41) is 9.15. The molecule has 0 saturated heterocycles. The van der Waals surface area contributed by atoms with Crippen LogP contribution in [-0.4, -0.2) is 10.9 Å². The zero-order valence-electron chi connectivity index (χ0n) is 7.52. The number of benzene rings is 1. The molecule has 1 aromatic carbocycles. The summed E-state index contributed by atoms with van der Waals surface area (Å²) in [4.78, 5) is 11.0. The van der Waals surface area contributed by atoms with Crippen LogP contribution in [0.5, 0.6) is 5.75 Å². The van der Waals surface area contributed by atoms with Gasteiger partial charge in [-0.05, 0) is 19.1 Å². The van der Waals surface area contributed by atoms with Crippen LogP contribution in [0.4, 0.5) is 13.2 Å². The van der Waals surface area contributed by atoms with Gasteiger partial charge in [0.15, 0.2) is 5.78 Å². The number of phenolic OH excluding ortho intramolecular Hbond substituents is 1.